The van der Waals surface area contributed by atoms with Crippen LogP contribution in [0.5, 0.6) is 0 Å². The summed E-state index contributed by atoms with van der Waals surface area (Å²) in [4.78, 5) is 6.83. The van der Waals surface area contributed by atoms with Crippen LogP contribution in [-0.4, -0.2) is 47.5 Å². The summed E-state index contributed by atoms with van der Waals surface area (Å²) in [5.74, 6) is 0. The molecule has 1 aliphatic rings. The van der Waals surface area contributed by atoms with Crippen molar-refractivity contribution in [1.29, 1.82) is 0 Å². The van der Waals surface area contributed by atoms with E-state index >= 15 is 0 Å². The van der Waals surface area contributed by atoms with Crippen molar-refractivity contribution in [2.24, 2.45) is 0 Å². The van der Waals surface area contributed by atoms with E-state index in [4.69, 9.17) is 0 Å². The van der Waals surface area contributed by atoms with Crippen molar-refractivity contribution in [2.45, 2.75) is 51.8 Å². The van der Waals surface area contributed by atoms with E-state index in [2.05, 4.69) is 57.6 Å². The fraction of sp³-hybridized carbons (Fsp3) is 0.526. The summed E-state index contributed by atoms with van der Waals surface area (Å²) >= 11 is 0. The van der Waals surface area contributed by atoms with Gasteiger partial charge in [-0.15, -0.1) is 5.10 Å². The third kappa shape index (κ3) is 3.01. The predicted molar refractivity (Wildman–Crippen MR) is 98.7 cm³/mol. The van der Waals surface area contributed by atoms with E-state index in [-0.39, 0.29) is 6.04 Å². The third-order valence-corrected chi connectivity index (χ3v) is 5.26. The molecule has 4 rings (SSSR count). The lowest BCUT2D eigenvalue weighted by atomic mass is 9.90. The van der Waals surface area contributed by atoms with Crippen LogP contribution in [-0.2, 0) is 12.1 Å². The summed E-state index contributed by atoms with van der Waals surface area (Å²) in [5.41, 5.74) is 3.03. The molecule has 0 saturated carbocycles. The van der Waals surface area contributed by atoms with Crippen molar-refractivity contribution in [1.82, 2.24) is 29.3 Å². The fourth-order valence-electron chi connectivity index (χ4n) is 3.76. The number of aliphatic hydroxyl groups is 1. The van der Waals surface area contributed by atoms with Crippen LogP contribution in [0.25, 0.3) is 5.65 Å². The number of fused-ring (bicyclic) bond motifs is 1. The van der Waals surface area contributed by atoms with E-state index in [0.29, 0.717) is 18.7 Å². The highest BCUT2D eigenvalue weighted by Gasteiger charge is 2.37. The van der Waals surface area contributed by atoms with Crippen LogP contribution in [0.1, 0.15) is 49.7 Å². The molecule has 1 saturated heterocycles. The molecule has 26 heavy (non-hydrogen) atoms. The number of piperidine rings is 1. The van der Waals surface area contributed by atoms with Crippen LogP contribution < -0.4 is 0 Å². The van der Waals surface area contributed by atoms with Crippen molar-refractivity contribution in [2.75, 3.05) is 13.1 Å². The first-order chi connectivity index (χ1) is 12.5. The molecule has 138 valence electrons. The maximum atomic E-state index is 11.2. The molecule has 0 aliphatic carbocycles. The van der Waals surface area contributed by atoms with E-state index < -0.39 is 5.60 Å². The maximum Gasteiger partial charge on any atom is 0.139 e. The molecule has 3 aromatic rings. The number of hydrogen-bond acceptors (Lipinski definition) is 5. The van der Waals surface area contributed by atoms with Gasteiger partial charge in [0.25, 0.3) is 0 Å². The minimum absolute atomic E-state index is 0.237. The Kier molecular flexibility index (Phi) is 4.28. The van der Waals surface area contributed by atoms with Crippen LogP contribution in [0, 0.1) is 6.92 Å². The van der Waals surface area contributed by atoms with Gasteiger partial charge in [-0.05, 0) is 51.8 Å². The minimum atomic E-state index is -0.943. The molecule has 1 N–H and O–H groups in total. The number of hydrogen-bond donors (Lipinski definition) is 1. The van der Waals surface area contributed by atoms with Crippen LogP contribution in [0.15, 0.2) is 30.7 Å². The van der Waals surface area contributed by atoms with Gasteiger partial charge in [0.05, 0.1) is 18.1 Å². The van der Waals surface area contributed by atoms with E-state index in [1.165, 1.54) is 5.56 Å². The maximum absolute atomic E-state index is 11.2. The summed E-state index contributed by atoms with van der Waals surface area (Å²) in [6, 6.07) is 4.36. The molecule has 0 radical (unpaired) electrons. The zero-order valence-electron chi connectivity index (χ0n) is 15.6. The number of likely N-dealkylation sites (tertiary alicyclic amines) is 1. The number of aryl methyl sites for hydroxylation is 1. The van der Waals surface area contributed by atoms with E-state index in [0.717, 1.165) is 30.9 Å². The fourth-order valence-corrected chi connectivity index (χ4v) is 3.76. The molecule has 7 heteroatoms. The highest BCUT2D eigenvalue weighted by molar-refractivity contribution is 5.48. The van der Waals surface area contributed by atoms with E-state index in [9.17, 15) is 5.11 Å². The normalized spacial score (nSPS) is 21.7. The second-order valence-electron chi connectivity index (χ2n) is 7.66. The summed E-state index contributed by atoms with van der Waals surface area (Å²) in [6.07, 6.45) is 7.51. The summed E-state index contributed by atoms with van der Waals surface area (Å²) in [7, 11) is 0. The Hall–Kier alpha value is -2.25. The first-order valence-electron chi connectivity index (χ1n) is 9.25. The Morgan fingerprint density at radius 2 is 2.19 bits per heavy atom. The Bertz CT molecular complexity index is 914. The predicted octanol–water partition coefficient (Wildman–Crippen LogP) is 2.30. The van der Waals surface area contributed by atoms with Crippen molar-refractivity contribution in [3.63, 3.8) is 0 Å². The average molecular weight is 354 g/mol. The number of imidazole rings is 1. The van der Waals surface area contributed by atoms with Crippen molar-refractivity contribution < 1.29 is 5.11 Å². The zero-order chi connectivity index (χ0) is 18.3. The van der Waals surface area contributed by atoms with Gasteiger partial charge in [-0.3, -0.25) is 4.90 Å². The van der Waals surface area contributed by atoms with Gasteiger partial charge in [-0.1, -0.05) is 11.3 Å². The zero-order valence-corrected chi connectivity index (χ0v) is 15.6. The first kappa shape index (κ1) is 17.2. The molecule has 1 aliphatic heterocycles. The van der Waals surface area contributed by atoms with Gasteiger partial charge >= 0.3 is 0 Å². The van der Waals surface area contributed by atoms with Crippen LogP contribution >= 0.6 is 0 Å². The van der Waals surface area contributed by atoms with Crippen molar-refractivity contribution >= 4 is 5.65 Å². The summed E-state index contributed by atoms with van der Waals surface area (Å²) < 4.78 is 3.94. The molecular weight excluding hydrogens is 328 g/mol. The highest BCUT2D eigenvalue weighted by Crippen LogP contribution is 2.31. The molecule has 0 aromatic carbocycles. The molecular formula is C19H26N6O. The highest BCUT2D eigenvalue weighted by atomic mass is 16.3. The standard InChI is InChI=1S/C19H26N6O/c1-14(2)25-12-17(21-22-25)19(26)7-5-8-23(13-19)11-16-10-20-18-15(3)6-4-9-24(16)18/h4,6,9-10,12,14,26H,5,7-8,11,13H2,1-3H3/t19-/m0/s1. The molecule has 3 aromatic heterocycles. The second kappa shape index (κ2) is 6.48. The Morgan fingerprint density at radius 1 is 1.35 bits per heavy atom. The van der Waals surface area contributed by atoms with Gasteiger partial charge in [0.2, 0.25) is 0 Å². The van der Waals surface area contributed by atoms with E-state index in [1.807, 2.05) is 18.5 Å². The molecule has 1 atom stereocenters. The van der Waals surface area contributed by atoms with Crippen molar-refractivity contribution in [3.05, 3.63) is 47.7 Å². The van der Waals surface area contributed by atoms with Gasteiger partial charge in [-0.25, -0.2) is 9.67 Å². The lowest BCUT2D eigenvalue weighted by Crippen LogP contribution is -2.46. The number of pyridine rings is 1. The Morgan fingerprint density at radius 3 is 2.96 bits per heavy atom. The molecule has 0 bridgehead atoms. The lowest BCUT2D eigenvalue weighted by Gasteiger charge is -2.37. The largest absolute Gasteiger partial charge is 0.382 e. The molecule has 7 nitrogen and oxygen atoms in total. The van der Waals surface area contributed by atoms with E-state index in [1.54, 1.807) is 4.68 Å². The van der Waals surface area contributed by atoms with Crippen LogP contribution in [0.3, 0.4) is 0 Å². The topological polar surface area (TPSA) is 71.5 Å². The van der Waals surface area contributed by atoms with Gasteiger partial charge in [0, 0.05) is 25.3 Å². The van der Waals surface area contributed by atoms with Gasteiger partial charge < -0.3 is 9.51 Å². The summed E-state index contributed by atoms with van der Waals surface area (Å²) in [5, 5.41) is 19.6. The SMILES string of the molecule is Cc1cccn2c(CN3CCC[C@@](O)(c4cn(C(C)C)nn4)C3)cnc12. The third-order valence-electron chi connectivity index (χ3n) is 5.26. The number of β-amino-alcohol motifs (C(OH)–C–C–N with tert-alkyl or cyclic N) is 1. The average Bonchev–Trinajstić information content (AvgIpc) is 3.24. The van der Waals surface area contributed by atoms with Crippen LogP contribution in [0.2, 0.25) is 0 Å². The quantitative estimate of drug-likeness (QED) is 0.778. The Labute approximate surface area is 153 Å². The minimum Gasteiger partial charge on any atom is -0.382 e. The smallest absolute Gasteiger partial charge is 0.139 e. The number of aromatic nitrogens is 5. The molecule has 0 unspecified atom stereocenters. The lowest BCUT2D eigenvalue weighted by molar-refractivity contribution is -0.0418. The first-order valence-corrected chi connectivity index (χ1v) is 9.25. The Balaban J connectivity index is 1.55. The second-order valence-corrected chi connectivity index (χ2v) is 7.66. The molecule has 1 fully saturated rings. The van der Waals surface area contributed by atoms with Gasteiger partial charge in [-0.2, -0.15) is 0 Å². The number of nitrogens with zero attached hydrogens (tertiary/aromatic N) is 6. The molecule has 0 spiro atoms. The molecule has 4 heterocycles. The van der Waals surface area contributed by atoms with Crippen molar-refractivity contribution in [3.8, 4) is 0 Å². The summed E-state index contributed by atoms with van der Waals surface area (Å²) in [6.45, 7) is 8.46. The van der Waals surface area contributed by atoms with Gasteiger partial charge in [0.1, 0.15) is 16.9 Å². The van der Waals surface area contributed by atoms with Gasteiger partial charge in [0.15, 0.2) is 0 Å². The monoisotopic (exact) mass is 354 g/mol. The molecule has 0 amide bonds. The number of rotatable bonds is 4. The van der Waals surface area contributed by atoms with Crippen LogP contribution in [0.4, 0.5) is 0 Å².